The number of carbonyl (C=O) groups excluding carboxylic acids is 2. The van der Waals surface area contributed by atoms with Crippen LogP contribution in [0.1, 0.15) is 32.0 Å². The smallest absolute Gasteiger partial charge is 0.265 e. The molecule has 1 aromatic carbocycles. The van der Waals surface area contributed by atoms with Gasteiger partial charge in [-0.3, -0.25) is 24.8 Å². The van der Waals surface area contributed by atoms with Crippen LogP contribution in [0.4, 0.5) is 5.69 Å². The van der Waals surface area contributed by atoms with Gasteiger partial charge in [0.15, 0.2) is 0 Å². The van der Waals surface area contributed by atoms with Gasteiger partial charge in [-0.2, -0.15) is 0 Å². The molecule has 2 aromatic rings. The summed E-state index contributed by atoms with van der Waals surface area (Å²) in [7, 11) is 0. The van der Waals surface area contributed by atoms with E-state index in [1.807, 2.05) is 18.2 Å². The molecular weight excluding hydrogens is 396 g/mol. The highest BCUT2D eigenvalue weighted by Gasteiger charge is 2.51. The van der Waals surface area contributed by atoms with Crippen LogP contribution >= 0.6 is 0 Å². The topological polar surface area (TPSA) is 146 Å². The summed E-state index contributed by atoms with van der Waals surface area (Å²) in [6, 6.07) is 5.95. The van der Waals surface area contributed by atoms with E-state index in [-0.39, 0.29) is 18.2 Å². The summed E-state index contributed by atoms with van der Waals surface area (Å²) in [5.41, 5.74) is 11.9. The Kier molecular flexibility index (Phi) is 5.92. The minimum atomic E-state index is -1.64. The van der Waals surface area contributed by atoms with Crippen molar-refractivity contribution >= 4 is 34.2 Å². The zero-order valence-electron chi connectivity index (χ0n) is 17.9. The summed E-state index contributed by atoms with van der Waals surface area (Å²) in [4.78, 5) is 40.8. The van der Waals surface area contributed by atoms with E-state index in [1.54, 1.807) is 0 Å². The molecular formula is C21H30N8O2. The Morgan fingerprint density at radius 1 is 1.16 bits per heavy atom. The van der Waals surface area contributed by atoms with Crippen LogP contribution in [0, 0.1) is 0 Å². The van der Waals surface area contributed by atoms with Crippen LogP contribution in [-0.4, -0.2) is 71.8 Å². The number of piperazine rings is 1. The molecule has 0 bridgehead atoms. The van der Waals surface area contributed by atoms with Crippen molar-refractivity contribution < 1.29 is 9.59 Å². The number of nitrogens with two attached hydrogens (primary N) is 2. The molecule has 1 unspecified atom stereocenters. The predicted octanol–water partition coefficient (Wildman–Crippen LogP) is 0.0427. The van der Waals surface area contributed by atoms with Gasteiger partial charge in [0.2, 0.25) is 5.54 Å². The van der Waals surface area contributed by atoms with E-state index < -0.39 is 17.4 Å². The quantitative estimate of drug-likeness (QED) is 0.439. The average molecular weight is 427 g/mol. The maximum atomic E-state index is 12.4. The minimum absolute atomic E-state index is 0.0616. The molecule has 10 heteroatoms. The Morgan fingerprint density at radius 2 is 1.94 bits per heavy atom. The number of hydrogen-bond donors (Lipinski definition) is 4. The Balaban J connectivity index is 1.55. The Labute approximate surface area is 181 Å². The molecule has 0 spiro atoms. The zero-order chi connectivity index (χ0) is 22.0. The molecule has 2 aliphatic rings. The van der Waals surface area contributed by atoms with Crippen LogP contribution in [0.15, 0.2) is 23.2 Å². The van der Waals surface area contributed by atoms with E-state index in [9.17, 15) is 9.59 Å². The van der Waals surface area contributed by atoms with Gasteiger partial charge in [0.05, 0.1) is 17.7 Å². The summed E-state index contributed by atoms with van der Waals surface area (Å²) in [6.45, 7) is 7.47. The lowest BCUT2D eigenvalue weighted by molar-refractivity contribution is -0.123. The van der Waals surface area contributed by atoms with Gasteiger partial charge in [-0.05, 0) is 31.2 Å². The summed E-state index contributed by atoms with van der Waals surface area (Å²) in [5, 5.41) is 2.89. The lowest BCUT2D eigenvalue weighted by Crippen LogP contribution is -2.58. The van der Waals surface area contributed by atoms with Crippen LogP contribution in [0.5, 0.6) is 0 Å². The van der Waals surface area contributed by atoms with Crippen molar-refractivity contribution in [3.05, 3.63) is 24.0 Å². The number of carbonyl (C=O) groups is 2. The molecule has 0 aliphatic carbocycles. The monoisotopic (exact) mass is 426 g/mol. The van der Waals surface area contributed by atoms with Gasteiger partial charge >= 0.3 is 0 Å². The van der Waals surface area contributed by atoms with Crippen LogP contribution < -0.4 is 21.7 Å². The molecule has 2 aliphatic heterocycles. The maximum Gasteiger partial charge on any atom is 0.265 e. The van der Waals surface area contributed by atoms with Gasteiger partial charge in [-0.1, -0.05) is 19.8 Å². The van der Waals surface area contributed by atoms with Gasteiger partial charge < -0.3 is 21.4 Å². The number of aromatic nitrogens is 2. The largest absolute Gasteiger partial charge is 0.369 e. The standard InChI is InChI=1S/C21H30N8O2/c1-2-3-4-7-28-8-10-29(11-9-28)14-5-6-15-16(12-14)27-20(26-15)21(19(23)31)17(18(22)30)24-13-25-21/h5-6,12,25H,2-4,7-11,13H2,1H3,(H2,22,30)(H2,23,31)(H,26,27). The molecule has 1 saturated heterocycles. The number of imidazole rings is 1. The second-order valence-corrected chi connectivity index (χ2v) is 8.14. The number of nitrogens with one attached hydrogen (secondary N) is 2. The number of unbranched alkanes of at least 4 members (excludes halogenated alkanes) is 2. The van der Waals surface area contributed by atoms with Gasteiger partial charge in [-0.15, -0.1) is 0 Å². The third-order valence-electron chi connectivity index (χ3n) is 6.18. The van der Waals surface area contributed by atoms with Crippen LogP contribution in [-0.2, 0) is 15.1 Å². The number of benzene rings is 1. The van der Waals surface area contributed by atoms with E-state index in [0.29, 0.717) is 5.52 Å². The van der Waals surface area contributed by atoms with Crippen molar-refractivity contribution in [3.8, 4) is 0 Å². The van der Waals surface area contributed by atoms with Crippen LogP contribution in [0.3, 0.4) is 0 Å². The summed E-state index contributed by atoms with van der Waals surface area (Å²) in [6.07, 6.45) is 3.78. The molecule has 4 rings (SSSR count). The van der Waals surface area contributed by atoms with Crippen LogP contribution in [0.25, 0.3) is 11.0 Å². The molecule has 1 atom stereocenters. The first-order valence-corrected chi connectivity index (χ1v) is 10.8. The fourth-order valence-electron chi connectivity index (χ4n) is 4.41. The number of rotatable bonds is 8. The van der Waals surface area contributed by atoms with Gasteiger partial charge in [0, 0.05) is 31.9 Å². The van der Waals surface area contributed by atoms with Crippen molar-refractivity contribution in [3.63, 3.8) is 0 Å². The Bertz CT molecular complexity index is 1010. The number of fused-ring (bicyclic) bond motifs is 1. The Morgan fingerprint density at radius 3 is 2.61 bits per heavy atom. The number of hydrogen-bond acceptors (Lipinski definition) is 7. The molecule has 1 aromatic heterocycles. The van der Waals surface area contributed by atoms with E-state index in [4.69, 9.17) is 11.5 Å². The number of aromatic amines is 1. The third-order valence-corrected chi connectivity index (χ3v) is 6.18. The molecule has 3 heterocycles. The number of aliphatic imine (C=N–C) groups is 1. The maximum absolute atomic E-state index is 12.4. The van der Waals surface area contributed by atoms with E-state index in [2.05, 4.69) is 37.0 Å². The molecule has 10 nitrogen and oxygen atoms in total. The highest BCUT2D eigenvalue weighted by Crippen LogP contribution is 2.28. The van der Waals surface area contributed by atoms with Gasteiger partial charge in [-0.25, -0.2) is 4.98 Å². The summed E-state index contributed by atoms with van der Waals surface area (Å²) < 4.78 is 0. The fourth-order valence-corrected chi connectivity index (χ4v) is 4.41. The van der Waals surface area contributed by atoms with Crippen molar-refractivity contribution in [2.75, 3.05) is 44.3 Å². The highest BCUT2D eigenvalue weighted by molar-refractivity contribution is 6.46. The van der Waals surface area contributed by atoms with Crippen molar-refractivity contribution in [2.45, 2.75) is 31.7 Å². The molecule has 0 saturated carbocycles. The second kappa shape index (κ2) is 8.64. The van der Waals surface area contributed by atoms with Crippen molar-refractivity contribution in [1.29, 1.82) is 0 Å². The minimum Gasteiger partial charge on any atom is -0.369 e. The first kappa shape index (κ1) is 21.3. The second-order valence-electron chi connectivity index (χ2n) is 8.14. The van der Waals surface area contributed by atoms with Gasteiger partial charge in [0.1, 0.15) is 11.5 Å². The number of H-pyrrole nitrogens is 1. The highest BCUT2D eigenvalue weighted by atomic mass is 16.2. The lowest BCUT2D eigenvalue weighted by atomic mass is 9.91. The first-order chi connectivity index (χ1) is 15.0. The average Bonchev–Trinajstić information content (AvgIpc) is 3.39. The predicted molar refractivity (Wildman–Crippen MR) is 120 cm³/mol. The summed E-state index contributed by atoms with van der Waals surface area (Å²) >= 11 is 0. The Hall–Kier alpha value is -2.98. The first-order valence-electron chi connectivity index (χ1n) is 10.8. The molecule has 1 fully saturated rings. The zero-order valence-corrected chi connectivity index (χ0v) is 17.9. The molecule has 0 radical (unpaired) electrons. The van der Waals surface area contributed by atoms with Crippen molar-refractivity contribution in [1.82, 2.24) is 20.2 Å². The fraction of sp³-hybridized carbons (Fsp3) is 0.524. The van der Waals surface area contributed by atoms with E-state index in [1.165, 1.54) is 19.3 Å². The van der Waals surface area contributed by atoms with E-state index in [0.717, 1.165) is 43.9 Å². The SMILES string of the molecule is CCCCCN1CCN(c2ccc3nc(C4(C(N)=O)NCN=C4C(N)=O)[nH]c3c2)CC1. The molecule has 31 heavy (non-hydrogen) atoms. The van der Waals surface area contributed by atoms with Crippen LogP contribution in [0.2, 0.25) is 0 Å². The number of primary amides is 2. The normalized spacial score (nSPS) is 22.1. The molecule has 166 valence electrons. The molecule has 2 amide bonds. The third kappa shape index (κ3) is 3.88. The number of amides is 2. The molecule has 6 N–H and O–H groups in total. The summed E-state index contributed by atoms with van der Waals surface area (Å²) in [5.74, 6) is -1.36. The van der Waals surface area contributed by atoms with E-state index >= 15 is 0 Å². The van der Waals surface area contributed by atoms with Gasteiger partial charge in [0.25, 0.3) is 11.8 Å². The number of anilines is 1. The van der Waals surface area contributed by atoms with Crippen molar-refractivity contribution in [2.24, 2.45) is 16.5 Å². The number of nitrogens with zero attached hydrogens (tertiary/aromatic N) is 4. The lowest BCUT2D eigenvalue weighted by Gasteiger charge is -2.36.